The van der Waals surface area contributed by atoms with E-state index >= 15 is 0 Å². The molecule has 3 rings (SSSR count). The second-order valence-corrected chi connectivity index (χ2v) is 8.20. The van der Waals surface area contributed by atoms with Crippen LogP contribution in [0.1, 0.15) is 17.5 Å². The third kappa shape index (κ3) is 6.78. The number of aliphatic hydroxyl groups is 2. The molecule has 0 heterocycles. The standard InChI is InChI=1S/C25H24O12/c26-15-5-1-12(9-17(15)28)3-7-20(30)36-19-11-14(25(34)35)22(32)24(23(19)33)37-21(31)8-4-13-2-6-16(27)18(29)10-13/h1-10,14,19,22-24,26-29,32-33H,11H2,(H,34,35)/b7-3+,8-4+/t14?,19?,22-,23+,24+/m0/s1. The summed E-state index contributed by atoms with van der Waals surface area (Å²) in [4.78, 5) is 36.2. The lowest BCUT2D eigenvalue weighted by molar-refractivity contribution is -0.202. The summed E-state index contributed by atoms with van der Waals surface area (Å²) in [5, 5.41) is 68.2. The molecule has 2 aromatic carbocycles. The van der Waals surface area contributed by atoms with Crippen LogP contribution >= 0.6 is 0 Å². The number of phenols is 4. The number of carboxylic acid groups (broad SMARTS) is 1. The second kappa shape index (κ2) is 11.5. The van der Waals surface area contributed by atoms with E-state index in [0.29, 0.717) is 11.1 Å². The first-order valence-corrected chi connectivity index (χ1v) is 10.9. The number of carbonyl (C=O) groups is 3. The number of hydrogen-bond donors (Lipinski definition) is 7. The second-order valence-electron chi connectivity index (χ2n) is 8.20. The van der Waals surface area contributed by atoms with Gasteiger partial charge in [0, 0.05) is 18.6 Å². The van der Waals surface area contributed by atoms with Crippen LogP contribution < -0.4 is 0 Å². The number of aromatic hydroxyl groups is 4. The number of benzene rings is 2. The molecule has 0 aliphatic heterocycles. The van der Waals surface area contributed by atoms with Gasteiger partial charge < -0.3 is 45.2 Å². The lowest BCUT2D eigenvalue weighted by Gasteiger charge is -2.39. The molecule has 1 saturated carbocycles. The van der Waals surface area contributed by atoms with Crippen LogP contribution in [0, 0.1) is 5.92 Å². The molecule has 0 bridgehead atoms. The van der Waals surface area contributed by atoms with E-state index in [1.165, 1.54) is 42.5 Å². The Morgan fingerprint density at radius 1 is 0.730 bits per heavy atom. The number of phenolic OH excluding ortho intramolecular Hbond substituents is 4. The Bertz CT molecular complexity index is 1230. The van der Waals surface area contributed by atoms with E-state index in [1.54, 1.807) is 0 Å². The number of carbonyl (C=O) groups excluding carboxylic acids is 2. The molecule has 37 heavy (non-hydrogen) atoms. The highest BCUT2D eigenvalue weighted by Crippen LogP contribution is 2.31. The molecule has 0 radical (unpaired) electrons. The van der Waals surface area contributed by atoms with E-state index in [0.717, 1.165) is 18.2 Å². The fourth-order valence-corrected chi connectivity index (χ4v) is 3.65. The molecule has 12 nitrogen and oxygen atoms in total. The fourth-order valence-electron chi connectivity index (χ4n) is 3.65. The van der Waals surface area contributed by atoms with Crippen molar-refractivity contribution in [3.63, 3.8) is 0 Å². The molecule has 0 spiro atoms. The highest BCUT2D eigenvalue weighted by molar-refractivity contribution is 5.88. The first kappa shape index (κ1) is 27.0. The van der Waals surface area contributed by atoms with Gasteiger partial charge >= 0.3 is 17.9 Å². The van der Waals surface area contributed by atoms with Gasteiger partial charge in [-0.25, -0.2) is 9.59 Å². The van der Waals surface area contributed by atoms with Crippen molar-refractivity contribution in [2.75, 3.05) is 0 Å². The Balaban J connectivity index is 1.71. The minimum Gasteiger partial charge on any atom is -0.504 e. The van der Waals surface area contributed by atoms with Crippen molar-refractivity contribution in [1.29, 1.82) is 0 Å². The quantitative estimate of drug-likeness (QED) is 0.155. The van der Waals surface area contributed by atoms with Gasteiger partial charge in [0.15, 0.2) is 29.1 Å². The number of aliphatic carboxylic acids is 1. The van der Waals surface area contributed by atoms with Crippen LogP contribution in [0.3, 0.4) is 0 Å². The zero-order valence-electron chi connectivity index (χ0n) is 19.0. The zero-order valence-corrected chi connectivity index (χ0v) is 19.0. The van der Waals surface area contributed by atoms with E-state index in [4.69, 9.17) is 9.47 Å². The molecular formula is C25H24O12. The molecular weight excluding hydrogens is 492 g/mol. The van der Waals surface area contributed by atoms with E-state index in [2.05, 4.69) is 0 Å². The van der Waals surface area contributed by atoms with E-state index in [-0.39, 0.29) is 11.5 Å². The summed E-state index contributed by atoms with van der Waals surface area (Å²) in [6.07, 6.45) is -2.97. The van der Waals surface area contributed by atoms with Gasteiger partial charge in [-0.1, -0.05) is 12.1 Å². The molecule has 7 N–H and O–H groups in total. The highest BCUT2D eigenvalue weighted by Gasteiger charge is 2.49. The van der Waals surface area contributed by atoms with Crippen molar-refractivity contribution >= 4 is 30.1 Å². The number of carboxylic acids is 1. The zero-order chi connectivity index (χ0) is 27.3. The topological polar surface area (TPSA) is 211 Å². The van der Waals surface area contributed by atoms with E-state index in [1.807, 2.05) is 0 Å². The van der Waals surface area contributed by atoms with Crippen molar-refractivity contribution in [1.82, 2.24) is 0 Å². The molecule has 0 aromatic heterocycles. The molecule has 0 saturated heterocycles. The number of ether oxygens (including phenoxy) is 2. The summed E-state index contributed by atoms with van der Waals surface area (Å²) >= 11 is 0. The van der Waals surface area contributed by atoms with Gasteiger partial charge in [-0.05, 0) is 47.5 Å². The predicted molar refractivity (Wildman–Crippen MR) is 125 cm³/mol. The fraction of sp³-hybridized carbons (Fsp3) is 0.240. The van der Waals surface area contributed by atoms with E-state index in [9.17, 15) is 50.1 Å². The Morgan fingerprint density at radius 3 is 1.68 bits per heavy atom. The Morgan fingerprint density at radius 2 is 1.22 bits per heavy atom. The maximum Gasteiger partial charge on any atom is 0.331 e. The van der Waals surface area contributed by atoms with Crippen LogP contribution in [-0.4, -0.2) is 78.1 Å². The van der Waals surface area contributed by atoms with Gasteiger partial charge in [0.1, 0.15) is 18.3 Å². The Labute approximate surface area is 209 Å². The summed E-state index contributed by atoms with van der Waals surface area (Å²) < 4.78 is 10.2. The summed E-state index contributed by atoms with van der Waals surface area (Å²) in [6, 6.07) is 7.49. The smallest absolute Gasteiger partial charge is 0.331 e. The average Bonchev–Trinajstić information content (AvgIpc) is 2.84. The van der Waals surface area contributed by atoms with Crippen LogP contribution in [0.2, 0.25) is 0 Å². The number of aliphatic hydroxyl groups excluding tert-OH is 2. The lowest BCUT2D eigenvalue weighted by Crippen LogP contribution is -2.57. The van der Waals surface area contributed by atoms with Crippen LogP contribution in [0.25, 0.3) is 12.2 Å². The molecule has 196 valence electrons. The van der Waals surface area contributed by atoms with Gasteiger partial charge in [-0.3, -0.25) is 4.79 Å². The Hall–Kier alpha value is -4.55. The monoisotopic (exact) mass is 516 g/mol. The summed E-state index contributed by atoms with van der Waals surface area (Å²) in [7, 11) is 0. The molecule has 2 aromatic rings. The van der Waals surface area contributed by atoms with Crippen LogP contribution in [0.15, 0.2) is 48.6 Å². The number of rotatable bonds is 7. The summed E-state index contributed by atoms with van der Waals surface area (Å²) in [5.41, 5.74) is 0.636. The van der Waals surface area contributed by atoms with Crippen molar-refractivity contribution in [3.05, 3.63) is 59.7 Å². The normalized spacial score (nSPS) is 23.7. The highest BCUT2D eigenvalue weighted by atomic mass is 16.6. The van der Waals surface area contributed by atoms with E-state index < -0.39 is 66.2 Å². The third-order valence-corrected chi connectivity index (χ3v) is 5.61. The first-order valence-electron chi connectivity index (χ1n) is 10.9. The molecule has 5 atom stereocenters. The molecule has 1 aliphatic carbocycles. The largest absolute Gasteiger partial charge is 0.504 e. The minimum absolute atomic E-state index is 0.306. The molecule has 1 fully saturated rings. The van der Waals surface area contributed by atoms with Crippen molar-refractivity contribution in [3.8, 4) is 23.0 Å². The van der Waals surface area contributed by atoms with Gasteiger partial charge in [0.25, 0.3) is 0 Å². The number of esters is 2. The van der Waals surface area contributed by atoms with Gasteiger partial charge in [0.05, 0.1) is 5.92 Å². The van der Waals surface area contributed by atoms with Crippen molar-refractivity contribution < 1.29 is 59.6 Å². The molecule has 12 heteroatoms. The van der Waals surface area contributed by atoms with Gasteiger partial charge in [0.2, 0.25) is 0 Å². The van der Waals surface area contributed by atoms with Crippen molar-refractivity contribution in [2.24, 2.45) is 5.92 Å². The maximum atomic E-state index is 12.3. The minimum atomic E-state index is -1.81. The molecule has 1 aliphatic rings. The first-order chi connectivity index (χ1) is 17.5. The van der Waals surface area contributed by atoms with Crippen LogP contribution in [0.4, 0.5) is 0 Å². The predicted octanol–water partition coefficient (Wildman–Crippen LogP) is 0.885. The summed E-state index contributed by atoms with van der Waals surface area (Å²) in [5.74, 6) is -6.64. The molecule has 2 unspecified atom stereocenters. The van der Waals surface area contributed by atoms with Gasteiger partial charge in [-0.15, -0.1) is 0 Å². The third-order valence-electron chi connectivity index (χ3n) is 5.61. The SMILES string of the molecule is O=C(/C=C/c1ccc(O)c(O)c1)OC1CC(C(=O)O)[C@H](O)[C@@H](OC(=O)/C=C/c2ccc(O)c(O)c2)[C@@H]1O. The summed E-state index contributed by atoms with van der Waals surface area (Å²) in [6.45, 7) is 0. The maximum absolute atomic E-state index is 12.3. The van der Waals surface area contributed by atoms with Crippen LogP contribution in [-0.2, 0) is 23.9 Å². The molecule has 0 amide bonds. The Kier molecular flexibility index (Phi) is 8.37. The number of hydrogen-bond acceptors (Lipinski definition) is 11. The van der Waals surface area contributed by atoms with Crippen LogP contribution in [0.5, 0.6) is 23.0 Å². The van der Waals surface area contributed by atoms with Gasteiger partial charge in [-0.2, -0.15) is 0 Å². The van der Waals surface area contributed by atoms with Crippen molar-refractivity contribution in [2.45, 2.75) is 30.8 Å². The lowest BCUT2D eigenvalue weighted by atomic mass is 9.80. The average molecular weight is 516 g/mol.